The number of thioether (sulfide) groups is 1. The molecule has 260 valence electrons. The Morgan fingerprint density at radius 1 is 1.02 bits per heavy atom. The van der Waals surface area contributed by atoms with E-state index in [2.05, 4.69) is 29.4 Å². The van der Waals surface area contributed by atoms with E-state index in [1.165, 1.54) is 35.4 Å². The maximum atomic E-state index is 13.7. The molecule has 1 aliphatic rings. The first-order valence-electron chi connectivity index (χ1n) is 15.3. The van der Waals surface area contributed by atoms with Crippen molar-refractivity contribution in [1.82, 2.24) is 4.90 Å². The second-order valence-corrected chi connectivity index (χ2v) is 13.8. The zero-order valence-corrected chi connectivity index (χ0v) is 29.1. The van der Waals surface area contributed by atoms with Gasteiger partial charge < -0.3 is 23.9 Å². The number of amidine groups is 1. The predicted molar refractivity (Wildman–Crippen MR) is 192 cm³/mol. The molecule has 3 N–H and O–H groups in total. The van der Waals surface area contributed by atoms with Crippen molar-refractivity contribution in [3.63, 3.8) is 0 Å². The number of ether oxygens (including phenoxy) is 3. The fraction of sp³-hybridized carbons (Fsp3) is 0.200. The van der Waals surface area contributed by atoms with Crippen molar-refractivity contribution in [2.45, 2.75) is 25.3 Å². The van der Waals surface area contributed by atoms with Gasteiger partial charge in [0.25, 0.3) is 11.8 Å². The minimum atomic E-state index is -3.86. The van der Waals surface area contributed by atoms with E-state index in [1.54, 1.807) is 61.9 Å². The van der Waals surface area contributed by atoms with E-state index < -0.39 is 15.9 Å². The molecule has 1 saturated heterocycles. The van der Waals surface area contributed by atoms with Crippen molar-refractivity contribution < 1.29 is 36.6 Å². The molecule has 50 heavy (non-hydrogen) atoms. The van der Waals surface area contributed by atoms with E-state index in [1.807, 2.05) is 12.1 Å². The Morgan fingerprint density at radius 2 is 1.80 bits per heavy atom. The van der Waals surface area contributed by atoms with Crippen molar-refractivity contribution in [2.75, 3.05) is 25.6 Å². The van der Waals surface area contributed by atoms with Crippen LogP contribution in [-0.4, -0.2) is 56.8 Å². The Bertz CT molecular complexity index is 2030. The number of primary sulfonamides is 1. The van der Waals surface area contributed by atoms with Crippen molar-refractivity contribution in [3.8, 4) is 17.2 Å². The van der Waals surface area contributed by atoms with Gasteiger partial charge in [0.05, 0.1) is 42.5 Å². The molecule has 13 nitrogen and oxygen atoms in total. The van der Waals surface area contributed by atoms with Crippen LogP contribution >= 0.6 is 11.8 Å². The van der Waals surface area contributed by atoms with Gasteiger partial charge in [-0.1, -0.05) is 32.0 Å². The molecule has 0 unspecified atom stereocenters. The van der Waals surface area contributed by atoms with Gasteiger partial charge in [0.1, 0.15) is 11.5 Å². The second kappa shape index (κ2) is 16.3. The number of furan rings is 1. The largest absolute Gasteiger partial charge is 0.493 e. The number of amides is 2. The number of para-hydroxylation sites is 1. The number of hydrogen-bond acceptors (Lipinski definition) is 11. The van der Waals surface area contributed by atoms with E-state index in [-0.39, 0.29) is 24.0 Å². The maximum absolute atomic E-state index is 13.7. The first-order valence-corrected chi connectivity index (χ1v) is 17.7. The van der Waals surface area contributed by atoms with Crippen LogP contribution in [-0.2, 0) is 26.2 Å². The molecular formula is C35H35N5O8S2. The standard InChI is InChI=1S/C35H35N5O8S2/c1-23(2)21-47-30-15-10-24(17-31(30)45-3)19-37-39-35-40(20-27-8-6-16-46-27)34(42)32(49-35)18-25-7-4-5-9-29(25)48-22-33(41)38-26-11-13-28(14-12-26)50(36,43)44/h4-19,23H,20-22H2,1-3H3,(H,38,41)(H2,36,43,44)/b32-18-,37-19-,39-35+. The number of benzene rings is 3. The highest BCUT2D eigenvalue weighted by molar-refractivity contribution is 8.18. The number of methoxy groups -OCH3 is 1. The van der Waals surface area contributed by atoms with Crippen LogP contribution < -0.4 is 24.7 Å². The third kappa shape index (κ3) is 9.62. The number of anilines is 1. The predicted octanol–water partition coefficient (Wildman–Crippen LogP) is 5.49. The SMILES string of the molecule is COc1cc(/C=N\N=C2\S/C(=C\c3ccccc3OCC(=O)Nc3ccc(S(N)(=O)=O)cc3)C(=O)N2Cc2ccco2)ccc1OCC(C)C. The molecule has 2 amide bonds. The van der Waals surface area contributed by atoms with Crippen LogP contribution in [0.15, 0.2) is 110 Å². The summed E-state index contributed by atoms with van der Waals surface area (Å²) in [4.78, 5) is 28.0. The third-order valence-electron chi connectivity index (χ3n) is 6.92. The lowest BCUT2D eigenvalue weighted by molar-refractivity contribution is -0.122. The number of hydrogen-bond donors (Lipinski definition) is 2. The minimum absolute atomic E-state index is 0.0748. The number of sulfonamides is 1. The third-order valence-corrected chi connectivity index (χ3v) is 8.85. The number of rotatable bonds is 14. The normalized spacial score (nSPS) is 15.0. The van der Waals surface area contributed by atoms with Gasteiger partial charge in [-0.2, -0.15) is 5.10 Å². The summed E-state index contributed by atoms with van der Waals surface area (Å²) < 4.78 is 45.6. The van der Waals surface area contributed by atoms with Crippen molar-refractivity contribution in [2.24, 2.45) is 21.3 Å². The summed E-state index contributed by atoms with van der Waals surface area (Å²) in [5.74, 6) is 1.69. The van der Waals surface area contributed by atoms with E-state index in [0.717, 1.165) is 17.3 Å². The molecule has 15 heteroatoms. The summed E-state index contributed by atoms with van der Waals surface area (Å²) in [5.41, 5.74) is 1.65. The van der Waals surface area contributed by atoms with Gasteiger partial charge in [-0.3, -0.25) is 14.5 Å². The highest BCUT2D eigenvalue weighted by Crippen LogP contribution is 2.35. The number of nitrogens with zero attached hydrogens (tertiary/aromatic N) is 3. The van der Waals surface area contributed by atoms with Gasteiger partial charge in [-0.15, -0.1) is 5.10 Å². The number of nitrogens with two attached hydrogens (primary N) is 1. The number of carbonyl (C=O) groups is 2. The summed E-state index contributed by atoms with van der Waals surface area (Å²) in [6.07, 6.45) is 4.75. The maximum Gasteiger partial charge on any atom is 0.267 e. The first kappa shape index (κ1) is 35.9. The van der Waals surface area contributed by atoms with E-state index in [4.69, 9.17) is 23.8 Å². The lowest BCUT2D eigenvalue weighted by atomic mass is 10.2. The molecule has 0 radical (unpaired) electrons. The Kier molecular flexibility index (Phi) is 11.7. The zero-order valence-electron chi connectivity index (χ0n) is 27.4. The lowest BCUT2D eigenvalue weighted by Gasteiger charge is -2.13. The Morgan fingerprint density at radius 3 is 2.50 bits per heavy atom. The summed E-state index contributed by atoms with van der Waals surface area (Å²) in [6, 6.07) is 21.3. The Labute approximate surface area is 293 Å². The zero-order chi connectivity index (χ0) is 35.7. The fourth-order valence-electron chi connectivity index (χ4n) is 4.51. The van der Waals surface area contributed by atoms with Gasteiger partial charge in [-0.05, 0) is 90.0 Å². The molecule has 3 aromatic carbocycles. The van der Waals surface area contributed by atoms with Crippen LogP contribution in [0.2, 0.25) is 0 Å². The molecule has 2 heterocycles. The van der Waals surface area contributed by atoms with E-state index in [9.17, 15) is 18.0 Å². The fourth-order valence-corrected chi connectivity index (χ4v) is 5.95. The summed E-state index contributed by atoms with van der Waals surface area (Å²) in [6.45, 7) is 4.47. The van der Waals surface area contributed by atoms with Crippen LogP contribution in [0.5, 0.6) is 17.2 Å². The molecule has 1 aromatic heterocycles. The average molecular weight is 718 g/mol. The van der Waals surface area contributed by atoms with Crippen LogP contribution in [0, 0.1) is 5.92 Å². The summed E-state index contributed by atoms with van der Waals surface area (Å²) in [7, 11) is -2.29. The van der Waals surface area contributed by atoms with Crippen LogP contribution in [0.25, 0.3) is 6.08 Å². The van der Waals surface area contributed by atoms with Gasteiger partial charge in [0.15, 0.2) is 23.3 Å². The van der Waals surface area contributed by atoms with Crippen molar-refractivity contribution in [1.29, 1.82) is 0 Å². The molecule has 0 bridgehead atoms. The van der Waals surface area contributed by atoms with Gasteiger partial charge in [0.2, 0.25) is 10.0 Å². The quantitative estimate of drug-likeness (QED) is 0.0970. The number of carbonyl (C=O) groups excluding carboxylic acids is 2. The van der Waals surface area contributed by atoms with Gasteiger partial charge in [0, 0.05) is 11.3 Å². The van der Waals surface area contributed by atoms with E-state index >= 15 is 0 Å². The summed E-state index contributed by atoms with van der Waals surface area (Å²) in [5, 5.41) is 16.7. The monoisotopic (exact) mass is 717 g/mol. The molecule has 0 spiro atoms. The first-order chi connectivity index (χ1) is 24.0. The van der Waals surface area contributed by atoms with E-state index in [0.29, 0.717) is 56.9 Å². The molecule has 4 aromatic rings. The minimum Gasteiger partial charge on any atom is -0.493 e. The van der Waals surface area contributed by atoms with Gasteiger partial charge in [-0.25, -0.2) is 13.6 Å². The molecule has 0 saturated carbocycles. The van der Waals surface area contributed by atoms with Crippen molar-refractivity contribution >= 4 is 56.7 Å². The molecule has 1 fully saturated rings. The lowest BCUT2D eigenvalue weighted by Crippen LogP contribution is -2.28. The molecule has 5 rings (SSSR count). The smallest absolute Gasteiger partial charge is 0.267 e. The Balaban J connectivity index is 1.31. The molecule has 0 aliphatic carbocycles. The topological polar surface area (TPSA) is 175 Å². The van der Waals surface area contributed by atoms with Crippen molar-refractivity contribution in [3.05, 3.63) is 107 Å². The van der Waals surface area contributed by atoms with Gasteiger partial charge >= 0.3 is 0 Å². The second-order valence-electron chi connectivity index (χ2n) is 11.3. The highest BCUT2D eigenvalue weighted by atomic mass is 32.2. The molecular weight excluding hydrogens is 683 g/mol. The molecule has 1 aliphatic heterocycles. The van der Waals surface area contributed by atoms with Crippen LogP contribution in [0.3, 0.4) is 0 Å². The Hall–Kier alpha value is -5.38. The molecule has 0 atom stereocenters. The highest BCUT2D eigenvalue weighted by Gasteiger charge is 2.34. The van der Waals surface area contributed by atoms with Crippen LogP contribution in [0.4, 0.5) is 5.69 Å². The average Bonchev–Trinajstić information content (AvgIpc) is 3.71. The summed E-state index contributed by atoms with van der Waals surface area (Å²) >= 11 is 1.14. The number of nitrogens with one attached hydrogen (secondary N) is 1. The van der Waals surface area contributed by atoms with Crippen LogP contribution in [0.1, 0.15) is 30.7 Å².